The van der Waals surface area contributed by atoms with E-state index in [2.05, 4.69) is 11.9 Å². The maximum absolute atomic E-state index is 9.51. The predicted octanol–water partition coefficient (Wildman–Crippen LogP) is 2.05. The van der Waals surface area contributed by atoms with Crippen LogP contribution in [0, 0.1) is 0 Å². The van der Waals surface area contributed by atoms with Crippen LogP contribution in [0.2, 0.25) is 0 Å². The molecule has 1 N–H and O–H groups in total. The van der Waals surface area contributed by atoms with Gasteiger partial charge in [0.25, 0.3) is 0 Å². The highest BCUT2D eigenvalue weighted by molar-refractivity contribution is 5.45. The van der Waals surface area contributed by atoms with E-state index in [0.29, 0.717) is 0 Å². The average molecular weight is 279 g/mol. The normalized spacial score (nSPS) is 20.1. The molecule has 1 fully saturated rings. The molecule has 20 heavy (non-hydrogen) atoms. The van der Waals surface area contributed by atoms with E-state index in [1.165, 1.54) is 0 Å². The fourth-order valence-electron chi connectivity index (χ4n) is 2.45. The topological polar surface area (TPSA) is 41.9 Å². The van der Waals surface area contributed by atoms with E-state index in [9.17, 15) is 5.11 Å². The Labute approximate surface area is 121 Å². The van der Waals surface area contributed by atoms with E-state index < -0.39 is 0 Å². The lowest BCUT2D eigenvalue weighted by atomic mass is 9.85. The molecule has 0 spiro atoms. The summed E-state index contributed by atoms with van der Waals surface area (Å²) in [5.74, 6) is 1.52. The number of likely N-dealkylation sites (tertiary alicyclic amines) is 1. The maximum Gasteiger partial charge on any atom is 0.161 e. The first-order valence-corrected chi connectivity index (χ1v) is 7.11. The van der Waals surface area contributed by atoms with E-state index in [1.54, 1.807) is 7.11 Å². The average Bonchev–Trinajstić information content (AvgIpc) is 2.84. The van der Waals surface area contributed by atoms with Crippen LogP contribution in [0.4, 0.5) is 0 Å². The first kappa shape index (κ1) is 15.1. The van der Waals surface area contributed by atoms with E-state index >= 15 is 0 Å². The number of likely N-dealkylation sites (N-methyl/N-ethyl adjacent to an activating group) is 1. The number of aliphatic hydroxyl groups excluding tert-OH is 1. The van der Waals surface area contributed by atoms with Gasteiger partial charge < -0.3 is 19.5 Å². The molecule has 1 unspecified atom stereocenters. The predicted molar refractivity (Wildman–Crippen MR) is 79.6 cm³/mol. The van der Waals surface area contributed by atoms with Gasteiger partial charge in [0, 0.05) is 18.5 Å². The number of rotatable bonds is 5. The van der Waals surface area contributed by atoms with Crippen molar-refractivity contribution in [3.05, 3.63) is 23.8 Å². The summed E-state index contributed by atoms with van der Waals surface area (Å²) in [6.45, 7) is 6.14. The summed E-state index contributed by atoms with van der Waals surface area (Å²) in [5, 5.41) is 9.51. The van der Waals surface area contributed by atoms with Gasteiger partial charge in [-0.15, -0.1) is 0 Å². The Bertz CT molecular complexity index is 459. The standard InChI is InChI=1S/C16H25NO3/c1-16(2,11-18)12-5-6-14(19-4)15(9-12)20-13-7-8-17(3)10-13/h5-6,9,13,18H,7-8,10-11H2,1-4H3. The van der Waals surface area contributed by atoms with Gasteiger partial charge in [-0.3, -0.25) is 0 Å². The number of hydrogen-bond acceptors (Lipinski definition) is 4. The lowest BCUT2D eigenvalue weighted by molar-refractivity contribution is 0.196. The third kappa shape index (κ3) is 3.25. The molecule has 0 saturated carbocycles. The lowest BCUT2D eigenvalue weighted by Crippen LogP contribution is -2.24. The summed E-state index contributed by atoms with van der Waals surface area (Å²) in [5.41, 5.74) is 0.777. The Kier molecular flexibility index (Phi) is 4.55. The third-order valence-corrected chi connectivity index (χ3v) is 3.98. The van der Waals surface area contributed by atoms with Gasteiger partial charge in [0.05, 0.1) is 13.7 Å². The molecular weight excluding hydrogens is 254 g/mol. The second kappa shape index (κ2) is 6.02. The SMILES string of the molecule is COc1ccc(C(C)(C)CO)cc1OC1CCN(C)C1. The summed E-state index contributed by atoms with van der Waals surface area (Å²) in [4.78, 5) is 2.26. The molecule has 1 heterocycles. The lowest BCUT2D eigenvalue weighted by Gasteiger charge is -2.24. The molecule has 112 valence electrons. The van der Waals surface area contributed by atoms with Gasteiger partial charge in [0.15, 0.2) is 11.5 Å². The van der Waals surface area contributed by atoms with Crippen molar-refractivity contribution in [3.8, 4) is 11.5 Å². The van der Waals surface area contributed by atoms with Crippen molar-refractivity contribution in [1.82, 2.24) is 4.90 Å². The summed E-state index contributed by atoms with van der Waals surface area (Å²) in [7, 11) is 3.76. The minimum absolute atomic E-state index is 0.102. The molecule has 4 nitrogen and oxygen atoms in total. The fraction of sp³-hybridized carbons (Fsp3) is 0.625. The highest BCUT2D eigenvalue weighted by Gasteiger charge is 2.25. The summed E-state index contributed by atoms with van der Waals surface area (Å²) in [6, 6.07) is 5.90. The molecule has 1 atom stereocenters. The largest absolute Gasteiger partial charge is 0.493 e. The molecule has 1 aliphatic rings. The molecule has 0 radical (unpaired) electrons. The molecule has 4 heteroatoms. The van der Waals surface area contributed by atoms with Crippen molar-refractivity contribution in [2.24, 2.45) is 0 Å². The summed E-state index contributed by atoms with van der Waals surface area (Å²) in [6.07, 6.45) is 1.24. The number of nitrogens with zero attached hydrogens (tertiary/aromatic N) is 1. The van der Waals surface area contributed by atoms with Gasteiger partial charge in [0.1, 0.15) is 6.10 Å². The first-order valence-electron chi connectivity index (χ1n) is 7.11. The Balaban J connectivity index is 2.23. The number of hydrogen-bond donors (Lipinski definition) is 1. The molecule has 2 rings (SSSR count). The van der Waals surface area contributed by atoms with Gasteiger partial charge in [0.2, 0.25) is 0 Å². The second-order valence-electron chi connectivity index (χ2n) is 6.20. The third-order valence-electron chi connectivity index (χ3n) is 3.98. The van der Waals surface area contributed by atoms with Crippen molar-refractivity contribution >= 4 is 0 Å². The first-order chi connectivity index (χ1) is 9.46. The van der Waals surface area contributed by atoms with Gasteiger partial charge in [-0.05, 0) is 31.2 Å². The van der Waals surface area contributed by atoms with Crippen molar-refractivity contribution < 1.29 is 14.6 Å². The minimum atomic E-state index is -0.281. The van der Waals surface area contributed by atoms with Crippen molar-refractivity contribution in [3.63, 3.8) is 0 Å². The summed E-state index contributed by atoms with van der Waals surface area (Å²) < 4.78 is 11.5. The van der Waals surface area contributed by atoms with Crippen LogP contribution in [0.3, 0.4) is 0 Å². The van der Waals surface area contributed by atoms with E-state index in [0.717, 1.165) is 36.6 Å². The molecule has 1 aromatic carbocycles. The van der Waals surface area contributed by atoms with E-state index in [1.807, 2.05) is 32.0 Å². The quantitative estimate of drug-likeness (QED) is 0.895. The molecule has 1 aromatic rings. The zero-order chi connectivity index (χ0) is 14.8. The number of methoxy groups -OCH3 is 1. The molecule has 1 aliphatic heterocycles. The molecule has 0 amide bonds. The highest BCUT2D eigenvalue weighted by atomic mass is 16.5. The maximum atomic E-state index is 9.51. The van der Waals surface area contributed by atoms with Crippen molar-refractivity contribution in [2.75, 3.05) is 33.9 Å². The Hall–Kier alpha value is -1.26. The zero-order valence-corrected chi connectivity index (χ0v) is 12.8. The van der Waals surface area contributed by atoms with E-state index in [4.69, 9.17) is 9.47 Å². The Morgan fingerprint density at radius 3 is 2.65 bits per heavy atom. The molecular formula is C16H25NO3. The van der Waals surface area contributed by atoms with Crippen LogP contribution in [-0.4, -0.2) is 50.0 Å². The zero-order valence-electron chi connectivity index (χ0n) is 12.8. The molecule has 0 aliphatic carbocycles. The Morgan fingerprint density at radius 1 is 1.35 bits per heavy atom. The highest BCUT2D eigenvalue weighted by Crippen LogP contribution is 2.34. The van der Waals surface area contributed by atoms with Crippen LogP contribution in [-0.2, 0) is 5.41 Å². The second-order valence-corrected chi connectivity index (χ2v) is 6.20. The van der Waals surface area contributed by atoms with Crippen LogP contribution < -0.4 is 9.47 Å². The van der Waals surface area contributed by atoms with Crippen molar-refractivity contribution in [2.45, 2.75) is 31.8 Å². The van der Waals surface area contributed by atoms with Crippen LogP contribution in [0.25, 0.3) is 0 Å². The number of aliphatic hydroxyl groups is 1. The van der Waals surface area contributed by atoms with Gasteiger partial charge in [-0.1, -0.05) is 19.9 Å². The van der Waals surface area contributed by atoms with Crippen molar-refractivity contribution in [1.29, 1.82) is 0 Å². The number of ether oxygens (including phenoxy) is 2. The smallest absolute Gasteiger partial charge is 0.161 e. The van der Waals surface area contributed by atoms with Gasteiger partial charge in [-0.25, -0.2) is 0 Å². The molecule has 0 aromatic heterocycles. The molecule has 1 saturated heterocycles. The minimum Gasteiger partial charge on any atom is -0.493 e. The van der Waals surface area contributed by atoms with Gasteiger partial charge >= 0.3 is 0 Å². The molecule has 0 bridgehead atoms. The van der Waals surface area contributed by atoms with Crippen LogP contribution in [0.15, 0.2) is 18.2 Å². The summed E-state index contributed by atoms with van der Waals surface area (Å²) >= 11 is 0. The monoisotopic (exact) mass is 279 g/mol. The Morgan fingerprint density at radius 2 is 2.10 bits per heavy atom. The van der Waals surface area contributed by atoms with Crippen LogP contribution in [0.5, 0.6) is 11.5 Å². The fourth-order valence-corrected chi connectivity index (χ4v) is 2.45. The van der Waals surface area contributed by atoms with Gasteiger partial charge in [-0.2, -0.15) is 0 Å². The van der Waals surface area contributed by atoms with Crippen LogP contribution in [0.1, 0.15) is 25.8 Å². The van der Waals surface area contributed by atoms with E-state index in [-0.39, 0.29) is 18.1 Å². The van der Waals surface area contributed by atoms with Crippen LogP contribution >= 0.6 is 0 Å². The number of benzene rings is 1.